The van der Waals surface area contributed by atoms with Crippen LogP contribution in [0.1, 0.15) is 30.4 Å². The zero-order valence-electron chi connectivity index (χ0n) is 37.6. The van der Waals surface area contributed by atoms with E-state index >= 15 is 0 Å². The minimum Gasteiger partial charge on any atom is -0.309 e. The maximum atomic E-state index is 2.64. The number of fused-ring (bicyclic) bond motifs is 7. The van der Waals surface area contributed by atoms with E-state index in [2.05, 4.69) is 229 Å². The van der Waals surface area contributed by atoms with Gasteiger partial charge in [-0.1, -0.05) is 188 Å². The predicted molar refractivity (Wildman–Crippen MR) is 287 cm³/mol. The predicted octanol–water partition coefficient (Wildman–Crippen LogP) is 18.3. The zero-order valence-corrected chi connectivity index (χ0v) is 38.5. The molecule has 0 radical (unpaired) electrons. The summed E-state index contributed by atoms with van der Waals surface area (Å²) < 4.78 is 2.65. The van der Waals surface area contributed by atoms with Crippen LogP contribution in [0.25, 0.3) is 86.6 Å². The second-order valence-electron chi connectivity index (χ2n) is 19.9. The first-order valence-corrected chi connectivity index (χ1v) is 25.4. The third-order valence-corrected chi connectivity index (χ3v) is 18.1. The molecule has 1 spiro atoms. The molecule has 4 unspecified atom stereocenters. The molecule has 4 fully saturated rings. The highest BCUT2D eigenvalue weighted by Gasteiger charge is 2.70. The van der Waals surface area contributed by atoms with Crippen LogP contribution in [0.3, 0.4) is 0 Å². The van der Waals surface area contributed by atoms with Gasteiger partial charge in [-0.3, -0.25) is 0 Å². The monoisotopic (exact) mass is 885 g/mol. The zero-order chi connectivity index (χ0) is 44.5. The molecule has 0 N–H and O–H groups in total. The molecule has 2 heteroatoms. The number of anilines is 3. The van der Waals surface area contributed by atoms with Crippen molar-refractivity contribution in [3.8, 4) is 55.6 Å². The average molecular weight is 886 g/mol. The first-order valence-electron chi connectivity index (χ1n) is 24.5. The Morgan fingerprint density at radius 1 is 0.382 bits per heavy atom. The van der Waals surface area contributed by atoms with Crippen LogP contribution in [0.2, 0.25) is 0 Å². The fourth-order valence-corrected chi connectivity index (χ4v) is 15.6. The van der Waals surface area contributed by atoms with Gasteiger partial charge in [0.2, 0.25) is 0 Å². The van der Waals surface area contributed by atoms with E-state index in [9.17, 15) is 0 Å². The second-order valence-corrected chi connectivity index (χ2v) is 20.9. The van der Waals surface area contributed by atoms with Crippen LogP contribution in [-0.4, -0.2) is 0 Å². The van der Waals surface area contributed by atoms with Crippen molar-refractivity contribution in [1.29, 1.82) is 0 Å². The van der Waals surface area contributed by atoms with Gasteiger partial charge in [0.05, 0.1) is 11.4 Å². The number of hydrogen-bond donors (Lipinski definition) is 0. The molecular formula is C66H47NS. The Labute approximate surface area is 401 Å². The number of nitrogens with zero attached hydrogens (tertiary/aromatic N) is 1. The van der Waals surface area contributed by atoms with Crippen LogP contribution in [0.4, 0.5) is 17.1 Å². The summed E-state index contributed by atoms with van der Waals surface area (Å²) in [5.74, 6) is 3.19. The summed E-state index contributed by atoms with van der Waals surface area (Å²) in [4.78, 5) is 2.56. The van der Waals surface area contributed by atoms with Crippen molar-refractivity contribution in [3.05, 3.63) is 236 Å². The minimum atomic E-state index is 0.128. The summed E-state index contributed by atoms with van der Waals surface area (Å²) in [5.41, 5.74) is 19.6. The number of hydrogen-bond acceptors (Lipinski definition) is 2. The van der Waals surface area contributed by atoms with Crippen molar-refractivity contribution < 1.29 is 0 Å². The van der Waals surface area contributed by atoms with Crippen LogP contribution in [0.5, 0.6) is 0 Å². The SMILES string of the molecule is c1ccc(-c2cccc3cccc(-c4ccccc4N(c4cccc(-c5cccc6c5sc5ccccc56)c4)c4ccccc4-c4ccc5c(c4)C4(c6ccccc6-5)C5CC6CC5CC64)c23)cc1. The molecule has 0 amide bonds. The van der Waals surface area contributed by atoms with Gasteiger partial charge in [-0.2, -0.15) is 0 Å². The molecule has 0 aliphatic heterocycles. The molecule has 4 bridgehead atoms. The van der Waals surface area contributed by atoms with Gasteiger partial charge in [0, 0.05) is 42.4 Å². The fraction of sp³-hybridized carbons (Fsp3) is 0.121. The Morgan fingerprint density at radius 2 is 0.971 bits per heavy atom. The van der Waals surface area contributed by atoms with E-state index in [0.717, 1.165) is 35.0 Å². The maximum absolute atomic E-state index is 2.64. The van der Waals surface area contributed by atoms with Gasteiger partial charge in [-0.05, 0) is 146 Å². The van der Waals surface area contributed by atoms with Gasteiger partial charge >= 0.3 is 0 Å². The number of thiophene rings is 1. The highest BCUT2D eigenvalue weighted by atomic mass is 32.1. The lowest BCUT2D eigenvalue weighted by Gasteiger charge is -2.37. The van der Waals surface area contributed by atoms with Gasteiger partial charge < -0.3 is 4.90 Å². The van der Waals surface area contributed by atoms with E-state index in [1.54, 1.807) is 11.1 Å². The quantitative estimate of drug-likeness (QED) is 0.154. The average Bonchev–Trinajstić information content (AvgIpc) is 4.27. The lowest BCUT2D eigenvalue weighted by molar-refractivity contribution is 0.307. The standard InChI is InChI=1S/C66H47NS/c1-2-16-41(17-3-1)49-26-13-18-42-19-14-28-55(64(42)49)53-24-6-10-32-62(53)67(47-21-12-20-43(37-47)50-27-15-29-56-54-25-7-11-33-63(54)68-65(50)56)61-31-9-5-22-48(61)44-34-35-52-51-23-4-8-30-57(51)66(60(52)38-44)58-39-45-36-46(58)40-59(45)66/h1-35,37-38,45-46,58-59H,36,39-40H2. The Hall–Kier alpha value is -7.52. The molecule has 1 aromatic heterocycles. The lowest BCUT2D eigenvalue weighted by Crippen LogP contribution is -2.34. The summed E-state index contributed by atoms with van der Waals surface area (Å²) in [6.07, 6.45) is 4.21. The largest absolute Gasteiger partial charge is 0.309 e. The van der Waals surface area contributed by atoms with Gasteiger partial charge in [-0.15, -0.1) is 11.3 Å². The summed E-state index contributed by atoms with van der Waals surface area (Å²) in [6, 6.07) is 84.7. The summed E-state index contributed by atoms with van der Waals surface area (Å²) in [5, 5.41) is 5.13. The van der Waals surface area contributed by atoms with E-state index in [1.807, 2.05) is 11.3 Å². The van der Waals surface area contributed by atoms with Crippen LogP contribution >= 0.6 is 11.3 Å². The van der Waals surface area contributed by atoms with E-state index < -0.39 is 0 Å². The Kier molecular flexibility index (Phi) is 8.36. The molecule has 16 rings (SSSR count). The number of benzene rings is 10. The van der Waals surface area contributed by atoms with Crippen molar-refractivity contribution in [2.75, 3.05) is 4.90 Å². The molecule has 322 valence electrons. The molecule has 5 aliphatic rings. The smallest absolute Gasteiger partial charge is 0.0540 e. The first kappa shape index (κ1) is 38.6. The molecule has 4 saturated carbocycles. The normalized spacial score (nSPS) is 20.5. The van der Waals surface area contributed by atoms with Crippen molar-refractivity contribution in [1.82, 2.24) is 0 Å². The number of rotatable bonds is 7. The summed E-state index contributed by atoms with van der Waals surface area (Å²) >= 11 is 1.90. The Balaban J connectivity index is 0.964. The van der Waals surface area contributed by atoms with Crippen molar-refractivity contribution >= 4 is 59.3 Å². The molecule has 10 aromatic carbocycles. The topological polar surface area (TPSA) is 3.24 Å². The van der Waals surface area contributed by atoms with Crippen molar-refractivity contribution in [3.63, 3.8) is 0 Å². The van der Waals surface area contributed by atoms with Crippen LogP contribution in [-0.2, 0) is 5.41 Å². The van der Waals surface area contributed by atoms with Crippen molar-refractivity contribution in [2.24, 2.45) is 23.7 Å². The van der Waals surface area contributed by atoms with Gasteiger partial charge in [0.15, 0.2) is 0 Å². The van der Waals surface area contributed by atoms with Gasteiger partial charge in [0.1, 0.15) is 0 Å². The number of para-hydroxylation sites is 2. The summed E-state index contributed by atoms with van der Waals surface area (Å²) in [6.45, 7) is 0. The minimum absolute atomic E-state index is 0.128. The fourth-order valence-electron chi connectivity index (χ4n) is 14.4. The van der Waals surface area contributed by atoms with Crippen LogP contribution in [0, 0.1) is 23.7 Å². The molecule has 11 aromatic rings. The molecule has 5 aliphatic carbocycles. The third-order valence-electron chi connectivity index (χ3n) is 16.9. The van der Waals surface area contributed by atoms with E-state index in [0.29, 0.717) is 0 Å². The van der Waals surface area contributed by atoms with E-state index in [4.69, 9.17) is 0 Å². The highest BCUT2D eigenvalue weighted by molar-refractivity contribution is 7.26. The maximum Gasteiger partial charge on any atom is 0.0540 e. The molecule has 1 heterocycles. The van der Waals surface area contributed by atoms with Gasteiger partial charge in [0.25, 0.3) is 0 Å². The van der Waals surface area contributed by atoms with Gasteiger partial charge in [-0.25, -0.2) is 0 Å². The molecule has 4 atom stereocenters. The van der Waals surface area contributed by atoms with E-state index in [1.165, 1.54) is 112 Å². The van der Waals surface area contributed by atoms with Crippen LogP contribution in [0.15, 0.2) is 224 Å². The molecule has 68 heavy (non-hydrogen) atoms. The third kappa shape index (κ3) is 5.38. The molecule has 1 nitrogen and oxygen atoms in total. The molecular weight excluding hydrogens is 839 g/mol. The highest BCUT2D eigenvalue weighted by Crippen LogP contribution is 2.77. The van der Waals surface area contributed by atoms with E-state index in [-0.39, 0.29) is 5.41 Å². The first-order chi connectivity index (χ1) is 33.7. The summed E-state index contributed by atoms with van der Waals surface area (Å²) in [7, 11) is 0. The van der Waals surface area contributed by atoms with Crippen LogP contribution < -0.4 is 4.90 Å². The van der Waals surface area contributed by atoms with Crippen molar-refractivity contribution in [2.45, 2.75) is 24.7 Å². The second kappa shape index (κ2) is 14.7. The Morgan fingerprint density at radius 3 is 1.79 bits per heavy atom. The Bertz CT molecular complexity index is 3820. The lowest BCUT2D eigenvalue weighted by atomic mass is 9.66. The molecule has 0 saturated heterocycles.